The van der Waals surface area contributed by atoms with Gasteiger partial charge >= 0.3 is 0 Å². The Hall–Kier alpha value is -7.82. The average molecular weight is 837 g/mol. The smallest absolute Gasteiger partial charge is 0.0653 e. The Morgan fingerprint density at radius 1 is 0.359 bits per heavy atom. The Bertz CT molecular complexity index is 4540. The number of anilines is 6. The second-order valence-corrected chi connectivity index (χ2v) is 17.1. The molecule has 0 fully saturated rings. The maximum atomic E-state index is 10.5. The van der Waals surface area contributed by atoms with Gasteiger partial charge in [-0.25, -0.2) is 0 Å². The van der Waals surface area contributed by atoms with E-state index in [-0.39, 0.29) is 112 Å². The molecule has 0 radical (unpaired) electrons. The summed E-state index contributed by atoms with van der Waals surface area (Å²) in [5, 5.41) is 0.398. The van der Waals surface area contributed by atoms with E-state index >= 15 is 0 Å². The Balaban J connectivity index is 1.27. The molecule has 0 spiro atoms. The van der Waals surface area contributed by atoms with Crippen LogP contribution in [0.3, 0.4) is 0 Å². The van der Waals surface area contributed by atoms with Gasteiger partial charge in [-0.15, -0.1) is 0 Å². The average Bonchev–Trinajstić information content (AvgIpc) is 4.01. The Kier molecular flexibility index (Phi) is 5.28. The minimum atomic E-state index is -0.519. The zero-order valence-electron chi connectivity index (χ0n) is 49.9. The molecule has 0 aliphatic rings. The van der Waals surface area contributed by atoms with Gasteiger partial charge in [0.1, 0.15) is 0 Å². The minimum Gasteiger partial charge on any atom is -0.310 e. The van der Waals surface area contributed by atoms with Gasteiger partial charge in [0.25, 0.3) is 0 Å². The molecule has 0 bridgehead atoms. The Morgan fingerprint density at radius 3 is 1.16 bits per heavy atom. The molecule has 0 saturated heterocycles. The van der Waals surface area contributed by atoms with E-state index in [0.717, 1.165) is 33.4 Å². The van der Waals surface area contributed by atoms with E-state index in [1.165, 1.54) is 8.80 Å². The van der Waals surface area contributed by atoms with Crippen LogP contribution in [0.25, 0.3) is 76.2 Å². The van der Waals surface area contributed by atoms with Crippen molar-refractivity contribution < 1.29 is 19.2 Å². The van der Waals surface area contributed by atoms with Gasteiger partial charge in [-0.3, -0.25) is 0 Å². The van der Waals surface area contributed by atoms with Crippen molar-refractivity contribution in [3.05, 3.63) is 203 Å². The zero-order valence-corrected chi connectivity index (χ0v) is 35.9. The fraction of sp³-hybridized carbons (Fsp3) is 0.100. The summed E-state index contributed by atoms with van der Waals surface area (Å²) in [7, 11) is 0. The third-order valence-electron chi connectivity index (χ3n) is 12.9. The predicted molar refractivity (Wildman–Crippen MR) is 274 cm³/mol. The van der Waals surface area contributed by atoms with Crippen LogP contribution in [0, 0.1) is 41.5 Å². The summed E-state index contributed by atoms with van der Waals surface area (Å²) < 4.78 is 140. The van der Waals surface area contributed by atoms with Crippen LogP contribution >= 0.6 is 0 Å². The molecule has 0 amide bonds. The number of nitrogens with zero attached hydrogens (tertiary/aromatic N) is 4. The SMILES string of the molecule is [2H]c1c([2H])c([2H])c2c(c1N(c1ccc(C)cc1)c1cc(C)ccc1C)c1c([2H])c([2H])c([2H])c3c4c([2H])c5c(c([2H])c4n2c13)c1c([2H])c([2H])c([2H])c2c3c(N(c4ccc(C)cc4)c4cc(C)ccc4C)c([2H])c([2H])c([2H])c3n5c21. The van der Waals surface area contributed by atoms with Crippen molar-refractivity contribution in [3.8, 4) is 0 Å². The summed E-state index contributed by atoms with van der Waals surface area (Å²) >= 11 is 0. The van der Waals surface area contributed by atoms with Gasteiger partial charge in [0.15, 0.2) is 0 Å². The summed E-state index contributed by atoms with van der Waals surface area (Å²) in [5.41, 5.74) is 8.30. The van der Waals surface area contributed by atoms with Crippen molar-refractivity contribution in [1.82, 2.24) is 8.80 Å². The van der Waals surface area contributed by atoms with Crippen molar-refractivity contribution in [2.24, 2.45) is 0 Å². The number of hydrogen-bond acceptors (Lipinski definition) is 2. The normalized spacial score (nSPS) is 15.3. The number of rotatable bonds is 6. The molecule has 13 aromatic rings. The summed E-state index contributed by atoms with van der Waals surface area (Å²) in [5.74, 6) is 0. The fourth-order valence-electron chi connectivity index (χ4n) is 9.82. The van der Waals surface area contributed by atoms with E-state index in [4.69, 9.17) is 0 Å². The molecule has 13 rings (SSSR count). The monoisotopic (exact) mass is 836 g/mol. The number of aryl methyl sites for hydroxylation is 6. The van der Waals surface area contributed by atoms with E-state index in [0.29, 0.717) is 22.7 Å². The largest absolute Gasteiger partial charge is 0.310 e. The molecule has 0 aliphatic heterocycles. The molecular weight excluding hydrogens is 777 g/mol. The molecule has 306 valence electrons. The van der Waals surface area contributed by atoms with Crippen molar-refractivity contribution in [3.63, 3.8) is 0 Å². The van der Waals surface area contributed by atoms with E-state index < -0.39 is 60.4 Å². The van der Waals surface area contributed by atoms with Crippen LogP contribution in [-0.2, 0) is 0 Å². The molecule has 0 N–H and O–H groups in total. The van der Waals surface area contributed by atoms with Crippen molar-refractivity contribution >= 4 is 110 Å². The highest BCUT2D eigenvalue weighted by Gasteiger charge is 2.27. The Labute approximate surface area is 391 Å². The number of benzene rings is 9. The topological polar surface area (TPSA) is 15.3 Å². The molecule has 4 heterocycles. The molecule has 0 saturated carbocycles. The first-order valence-corrected chi connectivity index (χ1v) is 21.3. The van der Waals surface area contributed by atoms with Crippen molar-refractivity contribution in [2.75, 3.05) is 9.80 Å². The molecule has 4 nitrogen and oxygen atoms in total. The van der Waals surface area contributed by atoms with Crippen LogP contribution in [-0.4, -0.2) is 8.80 Å². The van der Waals surface area contributed by atoms with Gasteiger partial charge in [0, 0.05) is 65.8 Å². The molecule has 9 aromatic carbocycles. The van der Waals surface area contributed by atoms with Gasteiger partial charge in [-0.1, -0.05) is 108 Å². The summed E-state index contributed by atoms with van der Waals surface area (Å²) in [6.45, 7) is 11.6. The zero-order chi connectivity index (χ0) is 55.3. The van der Waals surface area contributed by atoms with E-state index in [9.17, 15) is 19.2 Å². The summed E-state index contributed by atoms with van der Waals surface area (Å²) in [6, 6.07) is 21.0. The van der Waals surface area contributed by atoms with Crippen LogP contribution < -0.4 is 9.80 Å². The quantitative estimate of drug-likeness (QED) is 0.166. The molecule has 64 heavy (non-hydrogen) atoms. The lowest BCUT2D eigenvalue weighted by molar-refractivity contribution is 1.24. The standard InChI is InChI=1S/C60H46N4/c1-35-21-27-41(28-22-35)61(53-31-37(3)19-25-39(53)5)49-15-9-17-51-57(49)45-13-7-11-43-47-34-56-48(33-55(47)63(51)59(43)45)44-12-8-14-46-58-50(16-10-18-52(58)64(56)60(44)46)62(42-29-23-36(2)24-30-42)54-32-38(4)20-26-40(54)6/h7-34H,1-6H3/i7D,8D,9D,10D,11D,12D,13D,14D,15D,16D,17D,18D,33D,34D. The lowest BCUT2D eigenvalue weighted by atomic mass is 10.0. The van der Waals surface area contributed by atoms with Crippen LogP contribution in [0.4, 0.5) is 34.1 Å². The van der Waals surface area contributed by atoms with Crippen molar-refractivity contribution in [2.45, 2.75) is 41.5 Å². The van der Waals surface area contributed by atoms with Crippen LogP contribution in [0.1, 0.15) is 52.6 Å². The van der Waals surface area contributed by atoms with E-state index in [1.54, 1.807) is 0 Å². The first-order valence-electron chi connectivity index (χ1n) is 28.3. The van der Waals surface area contributed by atoms with Crippen molar-refractivity contribution in [1.29, 1.82) is 0 Å². The molecule has 0 unspecified atom stereocenters. The predicted octanol–water partition coefficient (Wildman–Crippen LogP) is 16.8. The highest BCUT2D eigenvalue weighted by Crippen LogP contribution is 2.50. The van der Waals surface area contributed by atoms with Gasteiger partial charge in [0.05, 0.1) is 63.7 Å². The molecule has 0 aliphatic carbocycles. The maximum Gasteiger partial charge on any atom is 0.0653 e. The minimum absolute atomic E-state index is 0.000643. The lowest BCUT2D eigenvalue weighted by Gasteiger charge is -2.28. The second-order valence-electron chi connectivity index (χ2n) is 17.1. The highest BCUT2D eigenvalue weighted by atomic mass is 15.2. The third kappa shape index (κ3) is 5.05. The van der Waals surface area contributed by atoms with Gasteiger partial charge in [0.2, 0.25) is 0 Å². The molecule has 0 atom stereocenters. The number of fused-ring (bicyclic) bond motifs is 12. The van der Waals surface area contributed by atoms with Crippen LogP contribution in [0.5, 0.6) is 0 Å². The Morgan fingerprint density at radius 2 is 0.734 bits per heavy atom. The van der Waals surface area contributed by atoms with E-state index in [1.807, 2.05) is 136 Å². The van der Waals surface area contributed by atoms with Gasteiger partial charge in [-0.05, 0) is 136 Å². The number of aromatic nitrogens is 2. The molecular formula is C60H46N4. The maximum absolute atomic E-state index is 10.5. The molecule has 4 heteroatoms. The summed E-state index contributed by atoms with van der Waals surface area (Å²) in [6.07, 6.45) is 0. The van der Waals surface area contributed by atoms with Gasteiger partial charge < -0.3 is 18.6 Å². The number of para-hydroxylation sites is 2. The van der Waals surface area contributed by atoms with Crippen LogP contribution in [0.15, 0.2) is 170 Å². The molecule has 4 aromatic heterocycles. The summed E-state index contributed by atoms with van der Waals surface area (Å²) in [4.78, 5) is 3.65. The first-order chi connectivity index (χ1) is 37.1. The fourth-order valence-corrected chi connectivity index (χ4v) is 9.82. The van der Waals surface area contributed by atoms with Gasteiger partial charge in [-0.2, -0.15) is 0 Å². The first kappa shape index (κ1) is 25.3. The second kappa shape index (κ2) is 13.3. The lowest BCUT2D eigenvalue weighted by Crippen LogP contribution is -2.12. The van der Waals surface area contributed by atoms with E-state index in [2.05, 4.69) is 0 Å². The van der Waals surface area contributed by atoms with Crippen LogP contribution in [0.2, 0.25) is 0 Å². The highest BCUT2D eigenvalue weighted by molar-refractivity contribution is 6.31. The number of hydrogen-bond donors (Lipinski definition) is 0. The third-order valence-corrected chi connectivity index (χ3v) is 12.9.